The fourth-order valence-electron chi connectivity index (χ4n) is 5.96. The predicted octanol–water partition coefficient (Wildman–Crippen LogP) is 2.75. The minimum atomic E-state index is -0.863. The quantitative estimate of drug-likeness (QED) is 0.242. The molecule has 15 heteroatoms. The molecule has 4 aromatic rings. The van der Waals surface area contributed by atoms with Gasteiger partial charge in [0.2, 0.25) is 11.8 Å². The first-order valence-electron chi connectivity index (χ1n) is 15.2. The van der Waals surface area contributed by atoms with Crippen LogP contribution in [0.5, 0.6) is 5.75 Å². The molecule has 0 bridgehead atoms. The Morgan fingerprint density at radius 3 is 2.54 bits per heavy atom. The zero-order chi connectivity index (χ0) is 33.9. The molecule has 2 aliphatic heterocycles. The first-order chi connectivity index (χ1) is 23.1. The third-order valence-electron chi connectivity index (χ3n) is 8.42. The van der Waals surface area contributed by atoms with Gasteiger partial charge in [0, 0.05) is 26.6 Å². The van der Waals surface area contributed by atoms with Gasteiger partial charge < -0.3 is 30.3 Å². The summed E-state index contributed by atoms with van der Waals surface area (Å²) in [6.07, 6.45) is -0.430. The van der Waals surface area contributed by atoms with Crippen LogP contribution in [0.2, 0.25) is 0 Å². The number of hydrazine groups is 1. The van der Waals surface area contributed by atoms with Crippen LogP contribution in [0.25, 0.3) is 10.2 Å². The van der Waals surface area contributed by atoms with Crippen molar-refractivity contribution in [3.8, 4) is 5.75 Å². The first-order valence-corrected chi connectivity index (χ1v) is 16.0. The van der Waals surface area contributed by atoms with Crippen molar-refractivity contribution in [1.82, 2.24) is 30.1 Å². The summed E-state index contributed by atoms with van der Waals surface area (Å²) in [5.41, 5.74) is 9.01. The number of rotatable bonds is 10. The van der Waals surface area contributed by atoms with Crippen LogP contribution in [-0.2, 0) is 38.6 Å². The van der Waals surface area contributed by atoms with Crippen molar-refractivity contribution >= 4 is 50.5 Å². The van der Waals surface area contributed by atoms with Crippen molar-refractivity contribution in [3.05, 3.63) is 89.2 Å². The molecule has 2 fully saturated rings. The van der Waals surface area contributed by atoms with E-state index in [-0.39, 0.29) is 56.8 Å². The minimum absolute atomic E-state index is 0.110. The van der Waals surface area contributed by atoms with Crippen molar-refractivity contribution < 1.29 is 33.0 Å². The van der Waals surface area contributed by atoms with E-state index >= 15 is 0 Å². The highest BCUT2D eigenvalue weighted by molar-refractivity contribution is 7.22. The summed E-state index contributed by atoms with van der Waals surface area (Å²) in [5.74, 6) is -0.966. The lowest BCUT2D eigenvalue weighted by molar-refractivity contribution is -0.157. The van der Waals surface area contributed by atoms with Crippen LogP contribution in [0.15, 0.2) is 66.7 Å². The molecule has 0 unspecified atom stereocenters. The number of para-hydroxylation sites is 1. The number of anilines is 1. The number of aromatic nitrogens is 1. The van der Waals surface area contributed by atoms with Crippen molar-refractivity contribution in [2.24, 2.45) is 0 Å². The highest BCUT2D eigenvalue weighted by atomic mass is 32.1. The Morgan fingerprint density at radius 1 is 1.08 bits per heavy atom. The van der Waals surface area contributed by atoms with Gasteiger partial charge >= 0.3 is 12.0 Å². The van der Waals surface area contributed by atoms with Crippen LogP contribution >= 0.6 is 11.3 Å². The Balaban J connectivity index is 1.25. The molecule has 2 aliphatic rings. The van der Waals surface area contributed by atoms with E-state index in [1.165, 1.54) is 35.6 Å². The van der Waals surface area contributed by atoms with E-state index in [4.69, 9.17) is 10.5 Å². The number of carbonyl (C=O) groups excluding carboxylic acids is 4. The van der Waals surface area contributed by atoms with Gasteiger partial charge in [-0.25, -0.2) is 19.0 Å². The minimum Gasteiger partial charge on any atom is -0.482 e. The van der Waals surface area contributed by atoms with E-state index in [9.17, 15) is 23.6 Å². The maximum Gasteiger partial charge on any atom is 0.343 e. The third-order valence-corrected chi connectivity index (χ3v) is 9.27. The average molecular weight is 676 g/mol. The highest BCUT2D eigenvalue weighted by Gasteiger charge is 2.51. The number of ether oxygens (including phenoxy) is 2. The number of nitrogens with zero attached hydrogens (tertiary/aromatic N) is 5. The molecule has 0 saturated carbocycles. The van der Waals surface area contributed by atoms with E-state index in [0.29, 0.717) is 22.0 Å². The molecule has 6 rings (SSSR count). The zero-order valence-corrected chi connectivity index (χ0v) is 27.1. The van der Waals surface area contributed by atoms with Crippen molar-refractivity contribution in [2.75, 3.05) is 39.6 Å². The number of hydrogen-bond acceptors (Lipinski definition) is 10. The zero-order valence-electron chi connectivity index (χ0n) is 26.3. The van der Waals surface area contributed by atoms with Gasteiger partial charge in [-0.05, 0) is 47.0 Å². The number of methoxy groups -OCH3 is 1. The number of urea groups is 1. The van der Waals surface area contributed by atoms with Crippen LogP contribution in [0.4, 0.5) is 14.3 Å². The average Bonchev–Trinajstić information content (AvgIpc) is 3.64. The van der Waals surface area contributed by atoms with E-state index < -0.39 is 24.2 Å². The summed E-state index contributed by atoms with van der Waals surface area (Å²) in [6.45, 7) is 0.179. The topological polar surface area (TPSA) is 151 Å². The maximum absolute atomic E-state index is 14.2. The number of nitrogens with one attached hydrogen (secondary N) is 1. The third kappa shape index (κ3) is 6.87. The first kappa shape index (κ1) is 32.7. The summed E-state index contributed by atoms with van der Waals surface area (Å²) >= 11 is 1.36. The van der Waals surface area contributed by atoms with E-state index in [0.717, 1.165) is 15.8 Å². The summed E-state index contributed by atoms with van der Waals surface area (Å²) in [7, 11) is 2.84. The summed E-state index contributed by atoms with van der Waals surface area (Å²) in [6, 6.07) is 17.1. The molecule has 0 aliphatic carbocycles. The molecule has 0 radical (unpaired) electrons. The lowest BCUT2D eigenvalue weighted by atomic mass is 9.99. The van der Waals surface area contributed by atoms with Gasteiger partial charge in [0.1, 0.15) is 23.8 Å². The van der Waals surface area contributed by atoms with Crippen molar-refractivity contribution in [1.29, 1.82) is 0 Å². The van der Waals surface area contributed by atoms with E-state index in [1.807, 2.05) is 18.2 Å². The SMILES string of the molecule is COC(=O)COc1ccc(C[C@H]2C(=O)N(Cc3cccc4sc(N)nc34)C[C@H]3N2C(=O)CN3N(C)C(=O)NCc2ccc(F)cc2)cc1. The molecule has 3 aromatic carbocycles. The number of esters is 1. The number of nitrogen functional groups attached to an aromatic ring is 1. The summed E-state index contributed by atoms with van der Waals surface area (Å²) < 4.78 is 24.3. The number of piperazine rings is 1. The molecule has 4 amide bonds. The molecule has 250 valence electrons. The molecule has 3 heterocycles. The Morgan fingerprint density at radius 2 is 1.81 bits per heavy atom. The van der Waals surface area contributed by atoms with Crippen LogP contribution in [0.3, 0.4) is 0 Å². The van der Waals surface area contributed by atoms with Gasteiger partial charge in [0.25, 0.3) is 0 Å². The van der Waals surface area contributed by atoms with Gasteiger partial charge in [-0.1, -0.05) is 47.7 Å². The van der Waals surface area contributed by atoms with E-state index in [2.05, 4.69) is 15.0 Å². The standard InChI is InChI=1S/C33H34FN7O6S/c1-38(33(45)36-15-21-6-10-23(34)11-7-21)40-18-28(42)41-25(14-20-8-12-24(13-9-20)47-19-29(43)46-2)31(44)39(17-27(40)41)16-22-4-3-5-26-30(22)37-32(35)48-26/h3-13,25,27H,14-19H2,1-2H3,(H2,35,37)(H,36,45)/t25-,27+/m0/s1. The number of nitrogens with two attached hydrogens (primary N) is 1. The fourth-order valence-corrected chi connectivity index (χ4v) is 6.75. The van der Waals surface area contributed by atoms with Gasteiger partial charge in [-0.3, -0.25) is 14.6 Å². The molecule has 48 heavy (non-hydrogen) atoms. The summed E-state index contributed by atoms with van der Waals surface area (Å²) in [4.78, 5) is 60.3. The largest absolute Gasteiger partial charge is 0.482 e. The van der Waals surface area contributed by atoms with Crippen molar-refractivity contribution in [3.63, 3.8) is 0 Å². The molecule has 1 aromatic heterocycles. The Kier molecular flexibility index (Phi) is 9.41. The number of carbonyl (C=O) groups is 4. The number of hydrogen-bond donors (Lipinski definition) is 2. The van der Waals surface area contributed by atoms with Crippen molar-refractivity contribution in [2.45, 2.75) is 31.7 Å². The number of halogens is 1. The number of benzene rings is 3. The lowest BCUT2D eigenvalue weighted by Crippen LogP contribution is -2.65. The number of fused-ring (bicyclic) bond motifs is 2. The molecule has 3 N–H and O–H groups in total. The number of amides is 4. The summed E-state index contributed by atoms with van der Waals surface area (Å²) in [5, 5.41) is 6.25. The molecule has 13 nitrogen and oxygen atoms in total. The second kappa shape index (κ2) is 13.8. The molecule has 2 atom stereocenters. The van der Waals surface area contributed by atoms with Crippen LogP contribution in [0.1, 0.15) is 16.7 Å². The van der Waals surface area contributed by atoms with Crippen LogP contribution in [0, 0.1) is 5.82 Å². The monoisotopic (exact) mass is 675 g/mol. The van der Waals surface area contributed by atoms with Gasteiger partial charge in [-0.15, -0.1) is 0 Å². The smallest absolute Gasteiger partial charge is 0.343 e. The Labute approximate surface area is 279 Å². The second-order valence-electron chi connectivity index (χ2n) is 11.5. The normalized spacial score (nSPS) is 17.8. The van der Waals surface area contributed by atoms with Gasteiger partial charge in [0.05, 0.1) is 30.4 Å². The fraction of sp³-hybridized carbons (Fsp3) is 0.303. The lowest BCUT2D eigenvalue weighted by Gasteiger charge is -2.45. The molecule has 0 spiro atoms. The van der Waals surface area contributed by atoms with E-state index in [1.54, 1.807) is 58.3 Å². The number of thiazole rings is 1. The second-order valence-corrected chi connectivity index (χ2v) is 12.5. The van der Waals surface area contributed by atoms with Gasteiger partial charge in [0.15, 0.2) is 11.7 Å². The molecular weight excluding hydrogens is 641 g/mol. The molecular formula is C33H34FN7O6S. The maximum atomic E-state index is 14.2. The van der Waals surface area contributed by atoms with Crippen LogP contribution < -0.4 is 15.8 Å². The Bertz CT molecular complexity index is 1840. The van der Waals surface area contributed by atoms with Crippen LogP contribution in [-0.4, -0.2) is 94.7 Å². The highest BCUT2D eigenvalue weighted by Crippen LogP contribution is 2.32. The molecule has 2 saturated heterocycles. The van der Waals surface area contributed by atoms with Gasteiger partial charge in [-0.2, -0.15) is 5.01 Å². The predicted molar refractivity (Wildman–Crippen MR) is 175 cm³/mol. The Hall–Kier alpha value is -5.28.